The van der Waals surface area contributed by atoms with E-state index in [1.54, 1.807) is 11.3 Å². The molecule has 73 heavy (non-hydrogen) atoms. The van der Waals surface area contributed by atoms with Crippen LogP contribution in [-0.2, 0) is 0 Å². The Labute approximate surface area is 459 Å². The molecule has 0 fully saturated rings. The molecule has 8 rings (SSSR count). The number of unbranched alkanes of at least 4 members (excludes halogenated alkanes) is 27. The Balaban J connectivity index is 1.01. The van der Waals surface area contributed by atoms with Gasteiger partial charge in [-0.1, -0.05) is 206 Å². The van der Waals surface area contributed by atoms with E-state index in [9.17, 15) is 0 Å². The van der Waals surface area contributed by atoms with Gasteiger partial charge in [0.25, 0.3) is 0 Å². The number of aromatic nitrogens is 2. The summed E-state index contributed by atoms with van der Waals surface area (Å²) >= 11 is 8.59. The second-order valence-electron chi connectivity index (χ2n) is 20.9. The van der Waals surface area contributed by atoms with Gasteiger partial charge in [-0.05, 0) is 66.8 Å². The molecule has 0 spiro atoms. The zero-order valence-electron chi connectivity index (χ0n) is 45.1. The van der Waals surface area contributed by atoms with Gasteiger partial charge in [-0.3, -0.25) is 0 Å². The molecule has 8 aromatic rings. The molecule has 0 N–H and O–H groups in total. The molecule has 5 aromatic heterocycles. The van der Waals surface area contributed by atoms with Crippen molar-refractivity contribution in [2.45, 2.75) is 220 Å². The Bertz CT molecular complexity index is 2790. The van der Waals surface area contributed by atoms with Gasteiger partial charge >= 0.3 is 0 Å². The molecule has 0 unspecified atom stereocenters. The van der Waals surface area contributed by atoms with Crippen molar-refractivity contribution in [1.29, 1.82) is 0 Å². The summed E-state index contributed by atoms with van der Waals surface area (Å²) in [6, 6.07) is 13.8. The van der Waals surface area contributed by atoms with Crippen molar-refractivity contribution in [2.75, 3.05) is 19.8 Å². The van der Waals surface area contributed by atoms with Crippen molar-refractivity contribution in [1.82, 2.24) is 8.75 Å². The first-order chi connectivity index (χ1) is 36.1. The van der Waals surface area contributed by atoms with Gasteiger partial charge in [-0.25, -0.2) is 0 Å². The Hall–Kier alpha value is -3.28. The van der Waals surface area contributed by atoms with Crippen LogP contribution in [0.3, 0.4) is 0 Å². The molecule has 0 radical (unpaired) electrons. The second-order valence-corrected chi connectivity index (χ2v) is 25.3. The molecular formula is C63H86N2O3S5. The largest absolute Gasteiger partial charge is 0.491 e. The average Bonchev–Trinajstić information content (AvgIpc) is 4.28. The van der Waals surface area contributed by atoms with Crippen LogP contribution in [0, 0.1) is 6.92 Å². The van der Waals surface area contributed by atoms with Crippen LogP contribution in [0.15, 0.2) is 47.2 Å². The maximum atomic E-state index is 6.89. The average molecular weight is 1080 g/mol. The lowest BCUT2D eigenvalue weighted by atomic mass is 10.0. The predicted octanol–water partition coefficient (Wildman–Crippen LogP) is 23.1. The molecular weight excluding hydrogens is 993 g/mol. The highest BCUT2D eigenvalue weighted by Gasteiger charge is 2.24. The Morgan fingerprint density at radius 2 is 0.712 bits per heavy atom. The van der Waals surface area contributed by atoms with E-state index >= 15 is 0 Å². The van der Waals surface area contributed by atoms with E-state index in [2.05, 4.69) is 74.9 Å². The number of hydrogen-bond acceptors (Lipinski definition) is 10. The van der Waals surface area contributed by atoms with Gasteiger partial charge < -0.3 is 14.2 Å². The topological polar surface area (TPSA) is 53.5 Å². The molecule has 0 aliphatic heterocycles. The number of fused-ring (bicyclic) bond motifs is 5. The van der Waals surface area contributed by atoms with Crippen LogP contribution in [0.5, 0.6) is 17.2 Å². The Kier molecular flexibility index (Phi) is 23.3. The molecule has 10 heteroatoms. The summed E-state index contributed by atoms with van der Waals surface area (Å²) < 4.78 is 35.6. The SMILES string of the molecule is CCCCCCCCCCCCOc1c2ccsc2c(C)c2cc(-c3ccc(-c4cc5c(OCCCCCCCCCCCC)c6sccc6c(OCCCCCCCCCCCC)c5s4)c4nsnc34)sc12. The maximum Gasteiger partial charge on any atom is 0.146 e. The number of thiophene rings is 4. The Morgan fingerprint density at radius 3 is 1.14 bits per heavy atom. The minimum atomic E-state index is 0.732. The van der Waals surface area contributed by atoms with E-state index in [0.717, 1.165) is 83.9 Å². The van der Waals surface area contributed by atoms with E-state index in [-0.39, 0.29) is 0 Å². The van der Waals surface area contributed by atoms with Crippen LogP contribution in [0.25, 0.3) is 72.3 Å². The van der Waals surface area contributed by atoms with Crippen LogP contribution in [0.4, 0.5) is 0 Å². The number of benzene rings is 3. The quantitative estimate of drug-likeness (QED) is 0.0361. The maximum absolute atomic E-state index is 6.89. The molecule has 0 bridgehead atoms. The third-order valence-electron chi connectivity index (χ3n) is 15.1. The van der Waals surface area contributed by atoms with Gasteiger partial charge in [0.05, 0.1) is 45.6 Å². The van der Waals surface area contributed by atoms with Crippen LogP contribution in [0.1, 0.15) is 219 Å². The van der Waals surface area contributed by atoms with Crippen molar-refractivity contribution >= 4 is 108 Å². The highest BCUT2D eigenvalue weighted by atomic mass is 32.1. The summed E-state index contributed by atoms with van der Waals surface area (Å²) in [5.74, 6) is 3.08. The van der Waals surface area contributed by atoms with E-state index in [4.69, 9.17) is 23.0 Å². The van der Waals surface area contributed by atoms with E-state index < -0.39 is 0 Å². The Morgan fingerprint density at radius 1 is 0.370 bits per heavy atom. The first kappa shape index (κ1) is 55.9. The van der Waals surface area contributed by atoms with E-state index in [1.165, 1.54) is 235 Å². The molecule has 0 atom stereocenters. The molecule has 0 amide bonds. The zero-order chi connectivity index (χ0) is 50.5. The lowest BCUT2D eigenvalue weighted by Gasteiger charge is -2.14. The normalized spacial score (nSPS) is 12.0. The number of hydrogen-bond donors (Lipinski definition) is 0. The first-order valence-electron chi connectivity index (χ1n) is 29.2. The van der Waals surface area contributed by atoms with Gasteiger partial charge in [0.1, 0.15) is 28.3 Å². The van der Waals surface area contributed by atoms with Gasteiger partial charge in [0, 0.05) is 47.1 Å². The van der Waals surface area contributed by atoms with Crippen molar-refractivity contribution in [3.05, 3.63) is 52.7 Å². The van der Waals surface area contributed by atoms with Crippen LogP contribution < -0.4 is 14.2 Å². The van der Waals surface area contributed by atoms with Crippen LogP contribution in [-0.4, -0.2) is 28.6 Å². The lowest BCUT2D eigenvalue weighted by Crippen LogP contribution is -2.00. The molecule has 0 aliphatic carbocycles. The number of nitrogens with zero attached hydrogens (tertiary/aromatic N) is 2. The highest BCUT2D eigenvalue weighted by molar-refractivity contribution is 7.24. The highest BCUT2D eigenvalue weighted by Crippen LogP contribution is 2.52. The smallest absolute Gasteiger partial charge is 0.146 e. The zero-order valence-corrected chi connectivity index (χ0v) is 49.2. The molecule has 5 nitrogen and oxygen atoms in total. The van der Waals surface area contributed by atoms with Gasteiger partial charge in [-0.15, -0.1) is 45.3 Å². The first-order valence-corrected chi connectivity index (χ1v) is 33.3. The number of rotatable bonds is 38. The predicted molar refractivity (Wildman–Crippen MR) is 327 cm³/mol. The fourth-order valence-corrected chi connectivity index (χ4v) is 15.6. The summed E-state index contributed by atoms with van der Waals surface area (Å²) in [6.45, 7) is 11.4. The number of ether oxygens (including phenoxy) is 3. The molecule has 5 heterocycles. The monoisotopic (exact) mass is 1080 g/mol. The van der Waals surface area contributed by atoms with E-state index in [0.29, 0.717) is 0 Å². The van der Waals surface area contributed by atoms with E-state index in [1.807, 2.05) is 34.0 Å². The fraction of sp³-hybridized carbons (Fsp3) is 0.587. The standard InChI is InChI=1S/C63H86N2O3S5/c1-5-8-11-14-17-20-23-26-29-32-39-66-57-49-37-42-69-60(49)46(4)51-44-53(71-62(51)57)47-35-36-48(56-55(47)64-73-65-56)54-45-52-59(68-41-34-31-28-25-22-19-16-13-10-7-3)61-50(38-43-70-61)58(63(52)72-54)67-40-33-30-27-24-21-18-15-12-9-6-2/h35-38,42-45H,5-34,39-41H2,1-4H3. The minimum absolute atomic E-state index is 0.732. The molecule has 0 saturated carbocycles. The van der Waals surface area contributed by atoms with Gasteiger partial charge in [0.2, 0.25) is 0 Å². The summed E-state index contributed by atoms with van der Waals surface area (Å²) in [4.78, 5) is 2.39. The summed E-state index contributed by atoms with van der Waals surface area (Å²) in [5.41, 5.74) is 5.52. The van der Waals surface area contributed by atoms with Crippen molar-refractivity contribution in [3.8, 4) is 38.1 Å². The summed E-state index contributed by atoms with van der Waals surface area (Å²) in [6.07, 6.45) is 39.5. The van der Waals surface area contributed by atoms with Crippen LogP contribution >= 0.6 is 57.1 Å². The lowest BCUT2D eigenvalue weighted by molar-refractivity contribution is 0.307. The van der Waals surface area contributed by atoms with Gasteiger partial charge in [0.15, 0.2) is 0 Å². The molecule has 3 aromatic carbocycles. The molecule has 396 valence electrons. The summed E-state index contributed by atoms with van der Waals surface area (Å²) in [7, 11) is 0. The minimum Gasteiger partial charge on any atom is -0.491 e. The van der Waals surface area contributed by atoms with Crippen molar-refractivity contribution in [2.24, 2.45) is 0 Å². The van der Waals surface area contributed by atoms with Crippen molar-refractivity contribution in [3.63, 3.8) is 0 Å². The number of aryl methyl sites for hydroxylation is 1. The third-order valence-corrected chi connectivity index (χ3v) is 19.9. The second kappa shape index (κ2) is 30.5. The third kappa shape index (κ3) is 15.0. The summed E-state index contributed by atoms with van der Waals surface area (Å²) in [5, 5.41) is 9.30. The fourth-order valence-electron chi connectivity index (χ4n) is 10.7. The van der Waals surface area contributed by atoms with Crippen LogP contribution in [0.2, 0.25) is 0 Å². The molecule has 0 aliphatic rings. The van der Waals surface area contributed by atoms with Crippen molar-refractivity contribution < 1.29 is 14.2 Å². The van der Waals surface area contributed by atoms with Gasteiger partial charge in [-0.2, -0.15) is 8.75 Å². The molecule has 0 saturated heterocycles.